The van der Waals surface area contributed by atoms with Gasteiger partial charge in [0.25, 0.3) is 5.91 Å². The summed E-state index contributed by atoms with van der Waals surface area (Å²) in [6, 6.07) is 20.6. The minimum absolute atomic E-state index is 0.0547. The molecule has 0 bridgehead atoms. The molecule has 5 nitrogen and oxygen atoms in total. The van der Waals surface area contributed by atoms with Gasteiger partial charge in [-0.1, -0.05) is 59.1 Å². The van der Waals surface area contributed by atoms with Crippen molar-refractivity contribution >= 4 is 34.8 Å². The lowest BCUT2D eigenvalue weighted by Gasteiger charge is -2.07. The number of amides is 1. The molecule has 3 aromatic carbocycles. The summed E-state index contributed by atoms with van der Waals surface area (Å²) in [7, 11) is 0. The van der Waals surface area contributed by atoms with Crippen LogP contribution in [0.2, 0.25) is 10.0 Å². The predicted molar refractivity (Wildman–Crippen MR) is 121 cm³/mol. The molecule has 7 heteroatoms. The average Bonchev–Trinajstić information content (AvgIpc) is 3.16. The Bertz CT molecular complexity index is 1250. The number of benzene rings is 3. The number of rotatable bonds is 4. The third kappa shape index (κ3) is 4.22. The molecule has 1 aromatic heterocycles. The van der Waals surface area contributed by atoms with Crippen LogP contribution < -0.4 is 5.32 Å². The van der Waals surface area contributed by atoms with Crippen LogP contribution in [0.15, 0.2) is 66.7 Å². The van der Waals surface area contributed by atoms with Crippen LogP contribution >= 0.6 is 23.2 Å². The Balaban J connectivity index is 1.79. The summed E-state index contributed by atoms with van der Waals surface area (Å²) < 4.78 is 1.60. The number of aromatic nitrogens is 3. The van der Waals surface area contributed by atoms with E-state index < -0.39 is 5.91 Å². The minimum atomic E-state index is -0.395. The molecular formula is C23H18Cl2N4O. The second kappa shape index (κ2) is 8.30. The van der Waals surface area contributed by atoms with Gasteiger partial charge in [0.15, 0.2) is 5.82 Å². The molecule has 0 aliphatic rings. The number of nitrogens with zero attached hydrogens (tertiary/aromatic N) is 3. The van der Waals surface area contributed by atoms with Crippen molar-refractivity contribution in [3.8, 4) is 17.1 Å². The van der Waals surface area contributed by atoms with E-state index in [1.54, 1.807) is 22.9 Å². The molecule has 0 aliphatic carbocycles. The summed E-state index contributed by atoms with van der Waals surface area (Å²) >= 11 is 12.3. The van der Waals surface area contributed by atoms with E-state index in [0.29, 0.717) is 27.2 Å². The molecule has 1 heterocycles. The molecule has 30 heavy (non-hydrogen) atoms. The molecule has 0 saturated heterocycles. The Morgan fingerprint density at radius 2 is 1.63 bits per heavy atom. The smallest absolute Gasteiger partial charge is 0.295 e. The zero-order valence-electron chi connectivity index (χ0n) is 16.4. The number of halogens is 2. The van der Waals surface area contributed by atoms with Crippen LogP contribution in [0.1, 0.15) is 21.7 Å². The first kappa shape index (κ1) is 20.1. The van der Waals surface area contributed by atoms with E-state index in [1.165, 1.54) is 0 Å². The highest BCUT2D eigenvalue weighted by Crippen LogP contribution is 2.28. The maximum absolute atomic E-state index is 12.8. The molecule has 0 fully saturated rings. The topological polar surface area (TPSA) is 59.8 Å². The molecule has 0 aliphatic heterocycles. The maximum atomic E-state index is 12.8. The number of carbonyl (C=O) groups is 1. The van der Waals surface area contributed by atoms with Crippen LogP contribution in [0.3, 0.4) is 0 Å². The van der Waals surface area contributed by atoms with Gasteiger partial charge in [0, 0.05) is 11.3 Å². The second-order valence-corrected chi connectivity index (χ2v) is 7.78. The van der Waals surface area contributed by atoms with Crippen molar-refractivity contribution < 1.29 is 4.79 Å². The zero-order chi connectivity index (χ0) is 21.3. The van der Waals surface area contributed by atoms with Crippen molar-refractivity contribution in [3.63, 3.8) is 0 Å². The fourth-order valence-corrected chi connectivity index (χ4v) is 3.38. The quantitative estimate of drug-likeness (QED) is 0.419. The van der Waals surface area contributed by atoms with Crippen molar-refractivity contribution in [1.29, 1.82) is 0 Å². The average molecular weight is 437 g/mol. The molecule has 1 N–H and O–H groups in total. The Morgan fingerprint density at radius 1 is 0.900 bits per heavy atom. The molecule has 0 spiro atoms. The lowest BCUT2D eigenvalue weighted by molar-refractivity contribution is 0.101. The Morgan fingerprint density at radius 3 is 2.33 bits per heavy atom. The van der Waals surface area contributed by atoms with E-state index in [0.717, 1.165) is 16.7 Å². The Labute approximate surface area is 184 Å². The minimum Gasteiger partial charge on any atom is -0.319 e. The summed E-state index contributed by atoms with van der Waals surface area (Å²) in [5.74, 6) is 0.193. The van der Waals surface area contributed by atoms with Gasteiger partial charge in [0.2, 0.25) is 5.82 Å². The Kier molecular flexibility index (Phi) is 5.57. The van der Waals surface area contributed by atoms with E-state index in [9.17, 15) is 4.79 Å². The number of aryl methyl sites for hydroxylation is 2. The first-order valence-electron chi connectivity index (χ1n) is 9.28. The molecule has 1 amide bonds. The van der Waals surface area contributed by atoms with Crippen LogP contribution in [0, 0.1) is 13.8 Å². The van der Waals surface area contributed by atoms with E-state index in [-0.39, 0.29) is 5.82 Å². The number of hydrogen-bond donors (Lipinski definition) is 1. The van der Waals surface area contributed by atoms with Gasteiger partial charge >= 0.3 is 0 Å². The van der Waals surface area contributed by atoms with Crippen LogP contribution in [0.5, 0.6) is 0 Å². The fourth-order valence-electron chi connectivity index (χ4n) is 3.09. The van der Waals surface area contributed by atoms with Crippen LogP contribution in [-0.4, -0.2) is 20.7 Å². The highest BCUT2D eigenvalue weighted by molar-refractivity contribution is 6.42. The molecule has 0 radical (unpaired) electrons. The molecular weight excluding hydrogens is 419 g/mol. The van der Waals surface area contributed by atoms with Gasteiger partial charge in [-0.15, -0.1) is 5.10 Å². The summed E-state index contributed by atoms with van der Waals surface area (Å²) in [5.41, 5.74) is 4.29. The summed E-state index contributed by atoms with van der Waals surface area (Å²) in [4.78, 5) is 17.4. The summed E-state index contributed by atoms with van der Waals surface area (Å²) in [6.07, 6.45) is 0. The number of anilines is 1. The molecule has 150 valence electrons. The van der Waals surface area contributed by atoms with Crippen molar-refractivity contribution in [3.05, 3.63) is 93.7 Å². The molecule has 0 unspecified atom stereocenters. The van der Waals surface area contributed by atoms with Gasteiger partial charge in [-0.3, -0.25) is 4.79 Å². The summed E-state index contributed by atoms with van der Waals surface area (Å²) in [5, 5.41) is 8.15. The van der Waals surface area contributed by atoms with Crippen LogP contribution in [0.25, 0.3) is 17.1 Å². The highest BCUT2D eigenvalue weighted by Gasteiger charge is 2.19. The van der Waals surface area contributed by atoms with Crippen molar-refractivity contribution in [1.82, 2.24) is 14.8 Å². The number of carbonyl (C=O) groups excluding carboxylic acids is 1. The normalized spacial score (nSPS) is 10.8. The first-order chi connectivity index (χ1) is 14.4. The molecule has 0 saturated carbocycles. The van der Waals surface area contributed by atoms with Gasteiger partial charge in [-0.05, 0) is 55.8 Å². The second-order valence-electron chi connectivity index (χ2n) is 6.96. The lowest BCUT2D eigenvalue weighted by Crippen LogP contribution is -2.14. The molecule has 4 rings (SSSR count). The van der Waals surface area contributed by atoms with E-state index in [1.807, 2.05) is 62.4 Å². The van der Waals surface area contributed by atoms with Gasteiger partial charge in [-0.2, -0.15) is 0 Å². The van der Waals surface area contributed by atoms with Crippen molar-refractivity contribution in [2.45, 2.75) is 13.8 Å². The van der Waals surface area contributed by atoms with E-state index in [2.05, 4.69) is 15.4 Å². The standard InChI is InChI=1S/C23H18Cl2N4O/c1-14-5-3-7-16(11-14)22-27-21(23(30)26-17-8-4-6-15(2)12-17)28-29(22)18-9-10-19(24)20(25)13-18/h3-13H,1-2H3,(H,26,30). The van der Waals surface area contributed by atoms with Gasteiger partial charge in [0.05, 0.1) is 15.7 Å². The third-order valence-corrected chi connectivity index (χ3v) is 5.25. The van der Waals surface area contributed by atoms with Gasteiger partial charge < -0.3 is 5.32 Å². The highest BCUT2D eigenvalue weighted by atomic mass is 35.5. The third-order valence-electron chi connectivity index (χ3n) is 4.51. The summed E-state index contributed by atoms with van der Waals surface area (Å²) in [6.45, 7) is 3.96. The fraction of sp³-hybridized carbons (Fsp3) is 0.0870. The monoisotopic (exact) mass is 436 g/mol. The van der Waals surface area contributed by atoms with E-state index >= 15 is 0 Å². The van der Waals surface area contributed by atoms with Crippen molar-refractivity contribution in [2.24, 2.45) is 0 Å². The number of nitrogens with one attached hydrogen (secondary N) is 1. The van der Waals surface area contributed by atoms with Gasteiger partial charge in [-0.25, -0.2) is 9.67 Å². The largest absolute Gasteiger partial charge is 0.319 e. The van der Waals surface area contributed by atoms with Gasteiger partial charge in [0.1, 0.15) is 0 Å². The molecule has 4 aromatic rings. The Hall–Kier alpha value is -3.15. The first-order valence-corrected chi connectivity index (χ1v) is 10.0. The zero-order valence-corrected chi connectivity index (χ0v) is 17.9. The van der Waals surface area contributed by atoms with Crippen molar-refractivity contribution in [2.75, 3.05) is 5.32 Å². The SMILES string of the molecule is Cc1cccc(NC(=O)c2nc(-c3cccc(C)c3)n(-c3ccc(Cl)c(Cl)c3)n2)c1. The number of hydrogen-bond acceptors (Lipinski definition) is 3. The molecule has 0 atom stereocenters. The van der Waals surface area contributed by atoms with Crippen LogP contribution in [0.4, 0.5) is 5.69 Å². The van der Waals surface area contributed by atoms with E-state index in [4.69, 9.17) is 23.2 Å². The lowest BCUT2D eigenvalue weighted by atomic mass is 10.1. The predicted octanol–water partition coefficient (Wildman–Crippen LogP) is 6.11. The maximum Gasteiger partial charge on any atom is 0.295 e. The van der Waals surface area contributed by atoms with Crippen LogP contribution in [-0.2, 0) is 0 Å².